The zero-order chi connectivity index (χ0) is 26.1. The number of rotatable bonds is 27. The Hall–Kier alpha value is -1.80. The molecule has 1 aromatic heterocycles. The normalized spacial score (nSPS) is 11.5. The fraction of sp³-hybridized carbons (Fsp3) is 0.692. The highest BCUT2D eigenvalue weighted by atomic mass is 16.6. The highest BCUT2D eigenvalue weighted by molar-refractivity contribution is 5.85. The number of benzene rings is 1. The van der Waals surface area contributed by atoms with Gasteiger partial charge in [-0.2, -0.15) is 0 Å². The molecule has 37 heavy (non-hydrogen) atoms. The van der Waals surface area contributed by atoms with Crippen molar-refractivity contribution in [3.63, 3.8) is 0 Å². The zero-order valence-electron chi connectivity index (χ0n) is 21.7. The average molecular weight is 530 g/mol. The van der Waals surface area contributed by atoms with Gasteiger partial charge in [0.2, 0.25) is 0 Å². The molecule has 0 unspecified atom stereocenters. The molecule has 0 aliphatic heterocycles. The maximum Gasteiger partial charge on any atom is 0.128 e. The summed E-state index contributed by atoms with van der Waals surface area (Å²) in [7, 11) is 0. The van der Waals surface area contributed by atoms with Crippen molar-refractivity contribution in [3.05, 3.63) is 30.5 Å². The number of hydrogen-bond acceptors (Lipinski definition) is 10. The molecule has 0 radical (unpaired) electrons. The first-order chi connectivity index (χ1) is 18.4. The molecule has 0 saturated carbocycles. The third-order valence-corrected chi connectivity index (χ3v) is 4.88. The van der Waals surface area contributed by atoms with E-state index >= 15 is 0 Å². The summed E-state index contributed by atoms with van der Waals surface area (Å²) in [6.07, 6.45) is 1.90. The molecule has 2 aromatic rings. The Bertz CT molecular complexity index is 760. The first-order valence-corrected chi connectivity index (χ1v) is 12.8. The van der Waals surface area contributed by atoms with Gasteiger partial charge in [-0.1, -0.05) is 6.07 Å². The van der Waals surface area contributed by atoms with E-state index in [1.807, 2.05) is 30.5 Å². The number of fused-ring (bicyclic) bond motifs is 1. The maximum absolute atomic E-state index is 8.56. The molecule has 2 N–H and O–H groups in total. The van der Waals surface area contributed by atoms with E-state index in [-0.39, 0.29) is 6.61 Å². The summed E-state index contributed by atoms with van der Waals surface area (Å²) in [6.45, 7) is 8.48. The van der Waals surface area contributed by atoms with Crippen LogP contribution >= 0.6 is 0 Å². The predicted octanol–water partition coefficient (Wildman–Crippen LogP) is 1.67. The fourth-order valence-electron chi connectivity index (χ4n) is 3.10. The summed E-state index contributed by atoms with van der Waals surface area (Å²) in [5.41, 5.74) is 1.06. The van der Waals surface area contributed by atoms with Crippen LogP contribution in [0.25, 0.3) is 10.9 Å². The summed E-state index contributed by atoms with van der Waals surface area (Å²) >= 11 is 0. The molecule has 2 rings (SSSR count). The molecule has 11 heteroatoms. The van der Waals surface area contributed by atoms with Crippen LogP contribution in [0.3, 0.4) is 0 Å². The number of aromatic nitrogens is 1. The van der Waals surface area contributed by atoms with Crippen LogP contribution in [0.2, 0.25) is 0 Å². The van der Waals surface area contributed by atoms with Gasteiger partial charge in [-0.05, 0) is 18.2 Å². The second kappa shape index (κ2) is 23.3. The predicted molar refractivity (Wildman–Crippen MR) is 137 cm³/mol. The minimum atomic E-state index is 0.0284. The SMILES string of the molecule is OCCOCCOCCOCCOCCOCCOCCOCCOCCOc1cccc2[nH]ccc12. The molecule has 0 atom stereocenters. The summed E-state index contributed by atoms with van der Waals surface area (Å²) in [5.74, 6) is 0.855. The molecule has 1 heterocycles. The lowest BCUT2D eigenvalue weighted by atomic mass is 10.2. The Kier molecular flexibility index (Phi) is 19.8. The van der Waals surface area contributed by atoms with E-state index in [0.29, 0.717) is 112 Å². The van der Waals surface area contributed by atoms with Gasteiger partial charge in [-0.15, -0.1) is 0 Å². The lowest BCUT2D eigenvalue weighted by Crippen LogP contribution is -2.15. The van der Waals surface area contributed by atoms with E-state index in [9.17, 15) is 0 Å². The van der Waals surface area contributed by atoms with Crippen molar-refractivity contribution in [1.29, 1.82) is 0 Å². The second-order valence-electron chi connectivity index (χ2n) is 7.67. The molecule has 0 fully saturated rings. The summed E-state index contributed by atoms with van der Waals surface area (Å²) < 4.78 is 49.0. The van der Waals surface area contributed by atoms with Gasteiger partial charge >= 0.3 is 0 Å². The van der Waals surface area contributed by atoms with Crippen LogP contribution in [-0.2, 0) is 37.9 Å². The van der Waals surface area contributed by atoms with Crippen LogP contribution in [-0.4, -0.2) is 129 Å². The Morgan fingerprint density at radius 1 is 0.486 bits per heavy atom. The molecule has 11 nitrogen and oxygen atoms in total. The first-order valence-electron chi connectivity index (χ1n) is 12.8. The van der Waals surface area contributed by atoms with E-state index in [0.717, 1.165) is 16.7 Å². The van der Waals surface area contributed by atoms with Crippen molar-refractivity contribution in [3.8, 4) is 5.75 Å². The molecule has 1 aromatic carbocycles. The molecular weight excluding hydrogens is 486 g/mol. The third-order valence-electron chi connectivity index (χ3n) is 4.88. The smallest absolute Gasteiger partial charge is 0.128 e. The number of aliphatic hydroxyl groups excluding tert-OH is 1. The monoisotopic (exact) mass is 529 g/mol. The van der Waals surface area contributed by atoms with Gasteiger partial charge in [-0.3, -0.25) is 0 Å². The van der Waals surface area contributed by atoms with E-state index in [4.69, 9.17) is 47.7 Å². The highest BCUT2D eigenvalue weighted by Gasteiger charge is 2.02. The second-order valence-corrected chi connectivity index (χ2v) is 7.67. The van der Waals surface area contributed by atoms with Crippen molar-refractivity contribution in [2.24, 2.45) is 0 Å². The van der Waals surface area contributed by atoms with Crippen molar-refractivity contribution in [1.82, 2.24) is 4.98 Å². The number of ether oxygens (including phenoxy) is 9. The van der Waals surface area contributed by atoms with Gasteiger partial charge in [0.25, 0.3) is 0 Å². The van der Waals surface area contributed by atoms with Crippen molar-refractivity contribution < 1.29 is 47.7 Å². The van der Waals surface area contributed by atoms with E-state index in [1.165, 1.54) is 0 Å². The van der Waals surface area contributed by atoms with Crippen LogP contribution in [0.4, 0.5) is 0 Å². The minimum absolute atomic E-state index is 0.0284. The Labute approximate surface area is 219 Å². The van der Waals surface area contributed by atoms with Gasteiger partial charge in [0, 0.05) is 17.1 Å². The first kappa shape index (κ1) is 31.4. The summed E-state index contributed by atoms with van der Waals surface area (Å²) in [5, 5.41) is 9.63. The topological polar surface area (TPSA) is 119 Å². The number of aromatic amines is 1. The maximum atomic E-state index is 8.56. The highest BCUT2D eigenvalue weighted by Crippen LogP contribution is 2.24. The van der Waals surface area contributed by atoms with Gasteiger partial charge in [-0.25, -0.2) is 0 Å². The molecule has 0 amide bonds. The molecule has 0 saturated heterocycles. The van der Waals surface area contributed by atoms with E-state index in [2.05, 4.69) is 4.98 Å². The van der Waals surface area contributed by atoms with Crippen LogP contribution in [0.1, 0.15) is 0 Å². The van der Waals surface area contributed by atoms with Crippen LogP contribution in [0.15, 0.2) is 30.5 Å². The third kappa shape index (κ3) is 16.6. The van der Waals surface area contributed by atoms with Gasteiger partial charge in [0.05, 0.1) is 112 Å². The van der Waals surface area contributed by atoms with E-state index < -0.39 is 0 Å². The average Bonchev–Trinajstić information content (AvgIpc) is 3.40. The van der Waals surface area contributed by atoms with E-state index in [1.54, 1.807) is 0 Å². The van der Waals surface area contributed by atoms with Crippen molar-refractivity contribution in [2.75, 3.05) is 119 Å². The largest absolute Gasteiger partial charge is 0.490 e. The van der Waals surface area contributed by atoms with Crippen molar-refractivity contribution in [2.45, 2.75) is 0 Å². The number of H-pyrrole nitrogens is 1. The quantitative estimate of drug-likeness (QED) is 0.165. The standard InChI is InChI=1S/C26H43NO10/c28-6-7-29-8-9-30-10-11-31-12-13-32-14-15-33-16-17-34-18-19-35-20-21-36-22-23-37-26-3-1-2-25-24(26)4-5-27-25/h1-5,27-28H,6-23H2. The summed E-state index contributed by atoms with van der Waals surface area (Å²) in [4.78, 5) is 3.17. The Morgan fingerprint density at radius 3 is 1.32 bits per heavy atom. The van der Waals surface area contributed by atoms with Crippen molar-refractivity contribution >= 4 is 10.9 Å². The molecule has 212 valence electrons. The number of nitrogens with one attached hydrogen (secondary N) is 1. The van der Waals surface area contributed by atoms with Gasteiger partial charge < -0.3 is 52.7 Å². The summed E-state index contributed by atoms with van der Waals surface area (Å²) in [6, 6.07) is 7.94. The van der Waals surface area contributed by atoms with Crippen LogP contribution in [0.5, 0.6) is 5.75 Å². The molecule has 0 aliphatic rings. The number of hydrogen-bond donors (Lipinski definition) is 2. The molecule has 0 aliphatic carbocycles. The fourth-order valence-corrected chi connectivity index (χ4v) is 3.10. The van der Waals surface area contributed by atoms with Gasteiger partial charge in [0.1, 0.15) is 12.4 Å². The minimum Gasteiger partial charge on any atom is -0.490 e. The lowest BCUT2D eigenvalue weighted by molar-refractivity contribution is -0.0242. The molecule has 0 spiro atoms. The molecular formula is C26H43NO10. The van der Waals surface area contributed by atoms with Crippen LogP contribution < -0.4 is 4.74 Å². The molecule has 0 bridgehead atoms. The zero-order valence-corrected chi connectivity index (χ0v) is 21.7. The van der Waals surface area contributed by atoms with Crippen LogP contribution in [0, 0.1) is 0 Å². The Morgan fingerprint density at radius 2 is 0.892 bits per heavy atom. The van der Waals surface area contributed by atoms with Gasteiger partial charge in [0.15, 0.2) is 0 Å². The Balaban J connectivity index is 1.21. The number of aliphatic hydroxyl groups is 1. The lowest BCUT2D eigenvalue weighted by Gasteiger charge is -2.09.